The van der Waals surface area contributed by atoms with E-state index in [9.17, 15) is 14.4 Å². The first kappa shape index (κ1) is 30.7. The smallest absolute Gasteiger partial charge is 0.272 e. The molecule has 10 heteroatoms. The van der Waals surface area contributed by atoms with Gasteiger partial charge < -0.3 is 30.2 Å². The standard InChI is InChI=1S/C33H31N3O6S/c1-40-25-14-12-22(13-15-25)18-29(36-32(38)23-8-5-4-6-9-23)33(39)34-24-10-7-11-27(19-24)43-21-31(37)35-28-20-26(41-2)16-17-30(28)42-3/h4-20H,21H2,1-3H3,(H,34,39)(H,35,37)(H,36,38)/b29-18+. The monoisotopic (exact) mass is 597 g/mol. The Morgan fingerprint density at radius 3 is 2.16 bits per heavy atom. The van der Waals surface area contributed by atoms with Crippen LogP contribution in [-0.4, -0.2) is 44.8 Å². The minimum atomic E-state index is -0.509. The molecule has 3 N–H and O–H groups in total. The van der Waals surface area contributed by atoms with Crippen molar-refractivity contribution in [1.29, 1.82) is 0 Å². The summed E-state index contributed by atoms with van der Waals surface area (Å²) in [5, 5.41) is 8.41. The van der Waals surface area contributed by atoms with Gasteiger partial charge in [-0.15, -0.1) is 11.8 Å². The summed E-state index contributed by atoms with van der Waals surface area (Å²) in [5.74, 6) is 0.729. The summed E-state index contributed by atoms with van der Waals surface area (Å²) in [5.41, 5.74) is 2.17. The van der Waals surface area contributed by atoms with Crippen LogP contribution in [0.4, 0.5) is 11.4 Å². The van der Waals surface area contributed by atoms with Gasteiger partial charge in [0, 0.05) is 22.2 Å². The van der Waals surface area contributed by atoms with E-state index >= 15 is 0 Å². The van der Waals surface area contributed by atoms with Crippen LogP contribution in [0, 0.1) is 0 Å². The highest BCUT2D eigenvalue weighted by atomic mass is 32.2. The first-order chi connectivity index (χ1) is 20.9. The largest absolute Gasteiger partial charge is 0.497 e. The lowest BCUT2D eigenvalue weighted by atomic mass is 10.1. The number of thioether (sulfide) groups is 1. The van der Waals surface area contributed by atoms with Crippen molar-refractivity contribution in [2.45, 2.75) is 4.90 Å². The number of hydrogen-bond donors (Lipinski definition) is 3. The minimum Gasteiger partial charge on any atom is -0.497 e. The molecule has 4 aromatic carbocycles. The molecule has 0 aliphatic carbocycles. The number of amides is 3. The number of benzene rings is 4. The molecule has 0 atom stereocenters. The fourth-order valence-electron chi connectivity index (χ4n) is 3.92. The quantitative estimate of drug-likeness (QED) is 0.139. The summed E-state index contributed by atoms with van der Waals surface area (Å²) in [6.07, 6.45) is 1.59. The first-order valence-electron chi connectivity index (χ1n) is 13.2. The van der Waals surface area contributed by atoms with Gasteiger partial charge in [0.2, 0.25) is 5.91 Å². The Kier molecular flexibility index (Phi) is 10.8. The Balaban J connectivity index is 1.45. The zero-order chi connectivity index (χ0) is 30.6. The van der Waals surface area contributed by atoms with E-state index in [4.69, 9.17) is 14.2 Å². The highest BCUT2D eigenvalue weighted by Gasteiger charge is 2.16. The summed E-state index contributed by atoms with van der Waals surface area (Å²) >= 11 is 1.30. The normalized spacial score (nSPS) is 10.8. The Labute approximate surface area is 254 Å². The zero-order valence-electron chi connectivity index (χ0n) is 23.9. The molecule has 9 nitrogen and oxygen atoms in total. The molecular weight excluding hydrogens is 566 g/mol. The van der Waals surface area contributed by atoms with Crippen LogP contribution in [-0.2, 0) is 9.59 Å². The molecule has 4 rings (SSSR count). The SMILES string of the molecule is COc1ccc(/C=C(/NC(=O)c2ccccc2)C(=O)Nc2cccc(SCC(=O)Nc3cc(OC)ccc3OC)c2)cc1. The van der Waals surface area contributed by atoms with E-state index in [2.05, 4.69) is 16.0 Å². The molecule has 0 heterocycles. The Hall–Kier alpha value is -5.22. The Morgan fingerprint density at radius 1 is 0.744 bits per heavy atom. The van der Waals surface area contributed by atoms with Crippen LogP contribution < -0.4 is 30.2 Å². The maximum absolute atomic E-state index is 13.4. The fraction of sp³-hybridized carbons (Fsp3) is 0.121. The van der Waals surface area contributed by atoms with Gasteiger partial charge in [-0.2, -0.15) is 0 Å². The van der Waals surface area contributed by atoms with Crippen molar-refractivity contribution in [1.82, 2.24) is 5.32 Å². The van der Waals surface area contributed by atoms with Gasteiger partial charge in [-0.1, -0.05) is 36.4 Å². The van der Waals surface area contributed by atoms with Crippen LogP contribution in [0.5, 0.6) is 17.2 Å². The second kappa shape index (κ2) is 15.1. The number of carbonyl (C=O) groups is 3. The molecular formula is C33H31N3O6S. The predicted octanol–water partition coefficient (Wildman–Crippen LogP) is 5.85. The molecule has 3 amide bonds. The summed E-state index contributed by atoms with van der Waals surface area (Å²) < 4.78 is 15.8. The van der Waals surface area contributed by atoms with Crippen LogP contribution in [0.2, 0.25) is 0 Å². The minimum absolute atomic E-state index is 0.0590. The number of nitrogens with one attached hydrogen (secondary N) is 3. The third kappa shape index (κ3) is 8.88. The van der Waals surface area contributed by atoms with Gasteiger partial charge in [0.05, 0.1) is 32.8 Å². The number of hydrogen-bond acceptors (Lipinski definition) is 7. The van der Waals surface area contributed by atoms with E-state index in [1.807, 2.05) is 12.1 Å². The van der Waals surface area contributed by atoms with Crippen LogP contribution in [0.25, 0.3) is 6.08 Å². The van der Waals surface area contributed by atoms with E-state index < -0.39 is 11.8 Å². The number of rotatable bonds is 12. The summed E-state index contributed by atoms with van der Waals surface area (Å²) in [6, 6.07) is 28.0. The molecule has 0 saturated carbocycles. The Morgan fingerprint density at radius 2 is 1.47 bits per heavy atom. The second-order valence-electron chi connectivity index (χ2n) is 9.04. The zero-order valence-corrected chi connectivity index (χ0v) is 24.7. The van der Waals surface area contributed by atoms with Crippen molar-refractivity contribution in [3.8, 4) is 17.2 Å². The van der Waals surface area contributed by atoms with Gasteiger partial charge in [0.25, 0.3) is 11.8 Å². The molecule has 0 saturated heterocycles. The first-order valence-corrected chi connectivity index (χ1v) is 14.2. The molecule has 220 valence electrons. The van der Waals surface area contributed by atoms with Crippen molar-refractivity contribution in [3.05, 3.63) is 114 Å². The lowest BCUT2D eigenvalue weighted by molar-refractivity contribution is -0.114. The summed E-state index contributed by atoms with van der Waals surface area (Å²) in [4.78, 5) is 39.7. The summed E-state index contributed by atoms with van der Waals surface area (Å²) in [6.45, 7) is 0. The Bertz CT molecular complexity index is 1610. The maximum atomic E-state index is 13.4. The molecule has 0 aliphatic heterocycles. The van der Waals surface area contributed by atoms with Crippen LogP contribution >= 0.6 is 11.8 Å². The van der Waals surface area contributed by atoms with E-state index in [-0.39, 0.29) is 17.4 Å². The van der Waals surface area contributed by atoms with Crippen molar-refractivity contribution >= 4 is 46.9 Å². The van der Waals surface area contributed by atoms with Gasteiger partial charge in [0.1, 0.15) is 22.9 Å². The highest BCUT2D eigenvalue weighted by molar-refractivity contribution is 8.00. The molecule has 0 fully saturated rings. The maximum Gasteiger partial charge on any atom is 0.272 e. The van der Waals surface area contributed by atoms with Gasteiger partial charge in [0.15, 0.2) is 0 Å². The van der Waals surface area contributed by atoms with Gasteiger partial charge >= 0.3 is 0 Å². The summed E-state index contributed by atoms with van der Waals surface area (Å²) in [7, 11) is 4.64. The van der Waals surface area contributed by atoms with Crippen molar-refractivity contribution < 1.29 is 28.6 Å². The highest BCUT2D eigenvalue weighted by Crippen LogP contribution is 2.29. The molecule has 0 aromatic heterocycles. The van der Waals surface area contributed by atoms with E-state index in [0.29, 0.717) is 39.8 Å². The van der Waals surface area contributed by atoms with Crippen LogP contribution in [0.15, 0.2) is 108 Å². The lowest BCUT2D eigenvalue weighted by Gasteiger charge is -2.13. The van der Waals surface area contributed by atoms with Gasteiger partial charge in [-0.25, -0.2) is 0 Å². The lowest BCUT2D eigenvalue weighted by Crippen LogP contribution is -2.30. The third-order valence-corrected chi connectivity index (χ3v) is 7.09. The molecule has 0 bridgehead atoms. The molecule has 4 aromatic rings. The van der Waals surface area contributed by atoms with Gasteiger partial charge in [-0.3, -0.25) is 14.4 Å². The predicted molar refractivity (Wildman–Crippen MR) is 169 cm³/mol. The van der Waals surface area contributed by atoms with Crippen molar-refractivity contribution in [2.24, 2.45) is 0 Å². The topological polar surface area (TPSA) is 115 Å². The third-order valence-electron chi connectivity index (χ3n) is 6.10. The van der Waals surface area contributed by atoms with Crippen molar-refractivity contribution in [3.63, 3.8) is 0 Å². The number of ether oxygens (including phenoxy) is 3. The van der Waals surface area contributed by atoms with E-state index in [1.165, 1.54) is 18.9 Å². The van der Waals surface area contributed by atoms with E-state index in [1.54, 1.807) is 105 Å². The van der Waals surface area contributed by atoms with Crippen LogP contribution in [0.1, 0.15) is 15.9 Å². The fourth-order valence-corrected chi connectivity index (χ4v) is 4.67. The van der Waals surface area contributed by atoms with Gasteiger partial charge in [-0.05, 0) is 66.2 Å². The molecule has 0 radical (unpaired) electrons. The molecule has 0 unspecified atom stereocenters. The second-order valence-corrected chi connectivity index (χ2v) is 10.1. The average molecular weight is 598 g/mol. The number of anilines is 2. The van der Waals surface area contributed by atoms with E-state index in [0.717, 1.165) is 4.90 Å². The average Bonchev–Trinajstić information content (AvgIpc) is 3.04. The van der Waals surface area contributed by atoms with Crippen LogP contribution in [0.3, 0.4) is 0 Å². The number of methoxy groups -OCH3 is 3. The van der Waals surface area contributed by atoms with Crippen molar-refractivity contribution in [2.75, 3.05) is 37.7 Å². The molecule has 0 spiro atoms. The number of carbonyl (C=O) groups excluding carboxylic acids is 3. The molecule has 43 heavy (non-hydrogen) atoms. The molecule has 0 aliphatic rings.